The molecule has 0 aliphatic carbocycles. The number of carbonyl (C=O) groups is 2. The van der Waals surface area contributed by atoms with E-state index in [9.17, 15) is 22.8 Å². The fourth-order valence-corrected chi connectivity index (χ4v) is 4.15. The van der Waals surface area contributed by atoms with E-state index in [0.717, 1.165) is 0 Å². The molecule has 2 heterocycles. The molecule has 29 heavy (non-hydrogen) atoms. The Bertz CT molecular complexity index is 974. The number of nitrogens with one attached hydrogen (secondary N) is 1. The summed E-state index contributed by atoms with van der Waals surface area (Å²) in [5.74, 6) is -1.17. The Morgan fingerprint density at radius 3 is 2.55 bits per heavy atom. The molecular weight excluding hydrogens is 385 g/mol. The Hall–Kier alpha value is -3.03. The number of hydrogen-bond acceptors (Lipinski definition) is 4. The van der Waals surface area contributed by atoms with E-state index >= 15 is 0 Å². The molecule has 2 aromatic carbocycles. The van der Waals surface area contributed by atoms with Crippen molar-refractivity contribution in [3.05, 3.63) is 53.6 Å². The third-order valence-electron chi connectivity index (χ3n) is 5.33. The maximum Gasteiger partial charge on any atom is 0.471 e. The highest BCUT2D eigenvalue weighted by atomic mass is 19.4. The topological polar surface area (TPSA) is 58.6 Å². The summed E-state index contributed by atoms with van der Waals surface area (Å²) < 4.78 is 44.8. The highest BCUT2D eigenvalue weighted by molar-refractivity contribution is 6.01. The number of rotatable bonds is 2. The highest BCUT2D eigenvalue weighted by Crippen LogP contribution is 2.49. The van der Waals surface area contributed by atoms with Gasteiger partial charge in [-0.25, -0.2) is 0 Å². The van der Waals surface area contributed by atoms with E-state index in [1.165, 1.54) is 6.92 Å². The average Bonchev–Trinajstić information content (AvgIpc) is 2.82. The second-order valence-electron chi connectivity index (χ2n) is 7.21. The van der Waals surface area contributed by atoms with Crippen molar-refractivity contribution in [3.8, 4) is 11.5 Å². The standard InChI is InChI=1S/C21H19F3N2O3/c1-12(27)13-7-4-10-17-19(13)26-11-5-8-15(25-20(28)21(22,23)24)18(26)14-6-2-3-9-16(14)29-17/h2-4,6-7,9-10,15,18H,5,8,11H2,1H3,(H,25,28)/t15?,18-/m1/s1. The molecule has 1 saturated heterocycles. The van der Waals surface area contributed by atoms with Gasteiger partial charge in [0.15, 0.2) is 11.5 Å². The molecule has 1 unspecified atom stereocenters. The first-order valence-corrected chi connectivity index (χ1v) is 9.32. The number of nitrogens with zero attached hydrogens (tertiary/aromatic N) is 1. The minimum atomic E-state index is -4.97. The molecule has 1 N–H and O–H groups in total. The van der Waals surface area contributed by atoms with Crippen molar-refractivity contribution in [1.29, 1.82) is 0 Å². The van der Waals surface area contributed by atoms with Crippen LogP contribution in [0.15, 0.2) is 42.5 Å². The number of fused-ring (bicyclic) bond motifs is 5. The summed E-state index contributed by atoms with van der Waals surface area (Å²) in [5, 5.41) is 2.16. The first kappa shape index (κ1) is 19.3. The number of alkyl halides is 3. The zero-order valence-corrected chi connectivity index (χ0v) is 15.6. The van der Waals surface area contributed by atoms with Gasteiger partial charge < -0.3 is 15.0 Å². The van der Waals surface area contributed by atoms with Crippen molar-refractivity contribution in [2.75, 3.05) is 11.4 Å². The van der Waals surface area contributed by atoms with E-state index in [2.05, 4.69) is 5.32 Å². The van der Waals surface area contributed by atoms with Crippen molar-refractivity contribution in [2.24, 2.45) is 0 Å². The van der Waals surface area contributed by atoms with Crippen LogP contribution in [0.4, 0.5) is 18.9 Å². The summed E-state index contributed by atoms with van der Waals surface area (Å²) in [6.45, 7) is 1.97. The van der Waals surface area contributed by atoms with Gasteiger partial charge in [-0.05, 0) is 38.0 Å². The van der Waals surface area contributed by atoms with Crippen LogP contribution in [0.5, 0.6) is 11.5 Å². The van der Waals surface area contributed by atoms with Crippen LogP contribution in [-0.4, -0.2) is 30.5 Å². The van der Waals surface area contributed by atoms with Crippen LogP contribution in [0.1, 0.15) is 41.7 Å². The Balaban J connectivity index is 1.86. The zero-order chi connectivity index (χ0) is 20.8. The van der Waals surface area contributed by atoms with Gasteiger partial charge in [-0.3, -0.25) is 9.59 Å². The van der Waals surface area contributed by atoms with Gasteiger partial charge in [0.2, 0.25) is 0 Å². The summed E-state index contributed by atoms with van der Waals surface area (Å²) in [6.07, 6.45) is -4.02. The zero-order valence-electron chi connectivity index (χ0n) is 15.6. The number of piperidine rings is 1. The Morgan fingerprint density at radius 1 is 1.10 bits per heavy atom. The predicted octanol–water partition coefficient (Wildman–Crippen LogP) is 4.38. The number of carbonyl (C=O) groups excluding carboxylic acids is 2. The molecule has 1 fully saturated rings. The van der Waals surface area contributed by atoms with Crippen molar-refractivity contribution in [1.82, 2.24) is 5.32 Å². The molecule has 2 aliphatic rings. The molecule has 0 aromatic heterocycles. The van der Waals surface area contributed by atoms with Crippen LogP contribution in [0.2, 0.25) is 0 Å². The third kappa shape index (κ3) is 3.43. The van der Waals surface area contributed by atoms with E-state index < -0.39 is 24.2 Å². The summed E-state index contributed by atoms with van der Waals surface area (Å²) in [7, 11) is 0. The monoisotopic (exact) mass is 404 g/mol. The number of Topliss-reactive ketones (excluding diaryl/α,β-unsaturated/α-hetero) is 1. The van der Waals surface area contributed by atoms with Crippen molar-refractivity contribution >= 4 is 17.4 Å². The van der Waals surface area contributed by atoms with Gasteiger partial charge in [-0.2, -0.15) is 13.2 Å². The van der Waals surface area contributed by atoms with Crippen LogP contribution in [-0.2, 0) is 4.79 Å². The maximum absolute atomic E-state index is 12.9. The second-order valence-corrected chi connectivity index (χ2v) is 7.21. The Kier molecular flexibility index (Phi) is 4.72. The van der Waals surface area contributed by atoms with Crippen LogP contribution in [0.25, 0.3) is 0 Å². The number of benzene rings is 2. The molecule has 2 atom stereocenters. The van der Waals surface area contributed by atoms with E-state index in [1.54, 1.807) is 42.5 Å². The molecule has 8 heteroatoms. The van der Waals surface area contributed by atoms with E-state index in [1.807, 2.05) is 4.90 Å². The van der Waals surface area contributed by atoms with Crippen LogP contribution >= 0.6 is 0 Å². The normalized spacial score (nSPS) is 20.5. The molecule has 152 valence electrons. The number of anilines is 1. The van der Waals surface area contributed by atoms with Gasteiger partial charge in [-0.15, -0.1) is 0 Å². The number of para-hydroxylation sites is 2. The summed E-state index contributed by atoms with van der Waals surface area (Å²) >= 11 is 0. The fraction of sp³-hybridized carbons (Fsp3) is 0.333. The first-order valence-electron chi connectivity index (χ1n) is 9.32. The predicted molar refractivity (Wildman–Crippen MR) is 100 cm³/mol. The number of amides is 1. The van der Waals surface area contributed by atoms with E-state index in [-0.39, 0.29) is 5.78 Å². The minimum absolute atomic E-state index is 0.170. The van der Waals surface area contributed by atoms with Gasteiger partial charge in [-0.1, -0.05) is 24.3 Å². The number of ketones is 1. The first-order chi connectivity index (χ1) is 13.8. The molecule has 0 spiro atoms. The van der Waals surface area contributed by atoms with Gasteiger partial charge in [0.25, 0.3) is 0 Å². The average molecular weight is 404 g/mol. The highest BCUT2D eigenvalue weighted by Gasteiger charge is 2.44. The lowest BCUT2D eigenvalue weighted by molar-refractivity contribution is -0.174. The summed E-state index contributed by atoms with van der Waals surface area (Å²) in [4.78, 5) is 25.8. The quantitative estimate of drug-likeness (QED) is 0.755. The van der Waals surface area contributed by atoms with Gasteiger partial charge in [0, 0.05) is 17.7 Å². The number of halogens is 3. The van der Waals surface area contributed by atoms with Gasteiger partial charge in [0.1, 0.15) is 5.75 Å². The second kappa shape index (κ2) is 7.09. The molecule has 0 radical (unpaired) electrons. The number of ether oxygens (including phenoxy) is 1. The van der Waals surface area contributed by atoms with Gasteiger partial charge in [0.05, 0.1) is 17.8 Å². The largest absolute Gasteiger partial charge is 0.471 e. The van der Waals surface area contributed by atoms with Crippen LogP contribution < -0.4 is 15.0 Å². The summed E-state index contributed by atoms with van der Waals surface area (Å²) in [5.41, 5.74) is 1.65. The van der Waals surface area contributed by atoms with E-state index in [0.29, 0.717) is 47.7 Å². The van der Waals surface area contributed by atoms with Gasteiger partial charge >= 0.3 is 12.1 Å². The van der Waals surface area contributed by atoms with Crippen molar-refractivity contribution in [3.63, 3.8) is 0 Å². The molecule has 0 bridgehead atoms. The number of hydrogen-bond donors (Lipinski definition) is 1. The Labute approximate surface area is 165 Å². The lowest BCUT2D eigenvalue weighted by Gasteiger charge is -2.43. The molecule has 1 amide bonds. The SMILES string of the molecule is CC(=O)c1cccc2c1N1CCCC(NC(=O)C(F)(F)F)[C@H]1c1ccccc1O2. The molecular formula is C21H19F3N2O3. The molecule has 2 aromatic rings. The Morgan fingerprint density at radius 2 is 1.83 bits per heavy atom. The minimum Gasteiger partial charge on any atom is -0.455 e. The molecule has 4 rings (SSSR count). The smallest absolute Gasteiger partial charge is 0.455 e. The lowest BCUT2D eigenvalue weighted by atomic mass is 9.88. The summed E-state index contributed by atoms with van der Waals surface area (Å²) in [6, 6.07) is 10.8. The van der Waals surface area contributed by atoms with Crippen LogP contribution in [0.3, 0.4) is 0 Å². The molecule has 5 nitrogen and oxygen atoms in total. The third-order valence-corrected chi connectivity index (χ3v) is 5.33. The lowest BCUT2D eigenvalue weighted by Crippen LogP contribution is -2.53. The van der Waals surface area contributed by atoms with Crippen LogP contribution in [0, 0.1) is 0 Å². The van der Waals surface area contributed by atoms with E-state index in [4.69, 9.17) is 4.74 Å². The van der Waals surface area contributed by atoms with Crippen molar-refractivity contribution < 1.29 is 27.5 Å². The molecule has 2 aliphatic heterocycles. The fourth-order valence-electron chi connectivity index (χ4n) is 4.15. The molecule has 0 saturated carbocycles. The van der Waals surface area contributed by atoms with Crippen molar-refractivity contribution in [2.45, 2.75) is 38.0 Å². The maximum atomic E-state index is 12.9.